The van der Waals surface area contributed by atoms with Crippen LogP contribution in [0.5, 0.6) is 5.75 Å². The smallest absolute Gasteiger partial charge is 0.191 e. The van der Waals surface area contributed by atoms with Gasteiger partial charge in [-0.15, -0.1) is 0 Å². The molecule has 23 heavy (non-hydrogen) atoms. The Balaban J connectivity index is 1.72. The fourth-order valence-electron chi connectivity index (χ4n) is 1.99. The van der Waals surface area contributed by atoms with Crippen LogP contribution in [0.2, 0.25) is 0 Å². The highest BCUT2D eigenvalue weighted by atomic mass is 19.1. The summed E-state index contributed by atoms with van der Waals surface area (Å²) in [6.07, 6.45) is 3.37. The minimum absolute atomic E-state index is 0.191. The summed E-state index contributed by atoms with van der Waals surface area (Å²) < 4.78 is 18.8. The summed E-state index contributed by atoms with van der Waals surface area (Å²) in [6.45, 7) is 3.44. The van der Waals surface area contributed by atoms with Crippen molar-refractivity contribution < 1.29 is 9.13 Å². The van der Waals surface area contributed by atoms with Crippen molar-refractivity contribution >= 4 is 5.96 Å². The van der Waals surface area contributed by atoms with Gasteiger partial charge in [0.05, 0.1) is 12.7 Å². The van der Waals surface area contributed by atoms with Crippen LogP contribution in [0.1, 0.15) is 11.1 Å². The Morgan fingerprint density at radius 1 is 1.30 bits per heavy atom. The number of aliphatic imine (C=N–C) groups is 1. The number of guanidine groups is 1. The van der Waals surface area contributed by atoms with Crippen molar-refractivity contribution in [2.45, 2.75) is 13.5 Å². The van der Waals surface area contributed by atoms with Crippen molar-refractivity contribution in [1.82, 2.24) is 15.6 Å². The van der Waals surface area contributed by atoms with E-state index in [1.807, 2.05) is 18.2 Å². The molecule has 0 amide bonds. The summed E-state index contributed by atoms with van der Waals surface area (Å²) in [5.74, 6) is 1.21. The molecule has 0 fully saturated rings. The van der Waals surface area contributed by atoms with Gasteiger partial charge in [0.2, 0.25) is 0 Å². The zero-order valence-electron chi connectivity index (χ0n) is 13.3. The van der Waals surface area contributed by atoms with Gasteiger partial charge in [0.1, 0.15) is 18.2 Å². The molecule has 0 aliphatic heterocycles. The van der Waals surface area contributed by atoms with Gasteiger partial charge in [-0.3, -0.25) is 9.98 Å². The number of hydrogen-bond donors (Lipinski definition) is 2. The van der Waals surface area contributed by atoms with E-state index in [2.05, 4.69) is 20.6 Å². The highest BCUT2D eigenvalue weighted by Gasteiger charge is 2.01. The number of aromatic nitrogens is 1. The van der Waals surface area contributed by atoms with Crippen LogP contribution in [0.3, 0.4) is 0 Å². The second-order valence-electron chi connectivity index (χ2n) is 4.97. The van der Waals surface area contributed by atoms with Gasteiger partial charge in [-0.25, -0.2) is 4.39 Å². The number of aryl methyl sites for hydroxylation is 1. The summed E-state index contributed by atoms with van der Waals surface area (Å²) in [5.41, 5.74) is 1.63. The maximum Gasteiger partial charge on any atom is 0.191 e. The van der Waals surface area contributed by atoms with Crippen LogP contribution < -0.4 is 15.4 Å². The topological polar surface area (TPSA) is 58.5 Å². The average molecular weight is 316 g/mol. The summed E-state index contributed by atoms with van der Waals surface area (Å²) in [7, 11) is 1.70. The fraction of sp³-hybridized carbons (Fsp3) is 0.294. The second-order valence-corrected chi connectivity index (χ2v) is 4.97. The number of hydrogen-bond acceptors (Lipinski definition) is 3. The zero-order valence-corrected chi connectivity index (χ0v) is 13.3. The maximum absolute atomic E-state index is 13.2. The van der Waals surface area contributed by atoms with E-state index >= 15 is 0 Å². The summed E-state index contributed by atoms with van der Waals surface area (Å²) in [5, 5.41) is 6.33. The lowest BCUT2D eigenvalue weighted by Gasteiger charge is -2.13. The minimum Gasteiger partial charge on any atom is -0.490 e. The van der Waals surface area contributed by atoms with Crippen molar-refractivity contribution in [1.29, 1.82) is 0 Å². The molecule has 0 aliphatic carbocycles. The Morgan fingerprint density at radius 3 is 2.87 bits per heavy atom. The highest BCUT2D eigenvalue weighted by Crippen LogP contribution is 2.08. The summed E-state index contributed by atoms with van der Waals surface area (Å²) >= 11 is 0. The minimum atomic E-state index is -0.191. The quantitative estimate of drug-likeness (QED) is 0.488. The molecule has 0 aliphatic rings. The van der Waals surface area contributed by atoms with Crippen molar-refractivity contribution in [3.63, 3.8) is 0 Å². The van der Waals surface area contributed by atoms with Crippen molar-refractivity contribution in [3.8, 4) is 5.75 Å². The van der Waals surface area contributed by atoms with Gasteiger partial charge in [0, 0.05) is 19.8 Å². The van der Waals surface area contributed by atoms with Crippen molar-refractivity contribution in [2.24, 2.45) is 4.99 Å². The van der Waals surface area contributed by atoms with Gasteiger partial charge in [-0.1, -0.05) is 12.1 Å². The molecule has 122 valence electrons. The molecular formula is C17H21FN4O. The summed E-state index contributed by atoms with van der Waals surface area (Å²) in [4.78, 5) is 8.12. The third-order valence-electron chi connectivity index (χ3n) is 3.20. The van der Waals surface area contributed by atoms with Crippen LogP contribution in [0.4, 0.5) is 4.39 Å². The molecule has 0 atom stereocenters. The van der Waals surface area contributed by atoms with Gasteiger partial charge in [0.25, 0.3) is 0 Å². The number of benzene rings is 1. The van der Waals surface area contributed by atoms with Crippen LogP contribution in [0, 0.1) is 12.7 Å². The summed E-state index contributed by atoms with van der Waals surface area (Å²) in [6, 6.07) is 8.74. The van der Waals surface area contributed by atoms with Crippen LogP contribution >= 0.6 is 0 Å². The van der Waals surface area contributed by atoms with Gasteiger partial charge >= 0.3 is 0 Å². The standard InChI is InChI=1S/C17H21FN4O/c1-13-10-14(5-6-16(13)18)11-22-17(19-2)21-8-9-23-15-4-3-7-20-12-15/h3-7,10,12H,8-9,11H2,1-2H3,(H2,19,21,22). The molecule has 0 bridgehead atoms. The Labute approximate surface area is 135 Å². The van der Waals surface area contributed by atoms with E-state index in [4.69, 9.17) is 4.74 Å². The van der Waals surface area contributed by atoms with Crippen molar-refractivity contribution in [2.75, 3.05) is 20.2 Å². The SMILES string of the molecule is CN=C(NCCOc1cccnc1)NCc1ccc(F)c(C)c1. The Kier molecular flexibility index (Phi) is 6.35. The highest BCUT2D eigenvalue weighted by molar-refractivity contribution is 5.79. The van der Waals surface area contributed by atoms with Crippen LogP contribution in [0.25, 0.3) is 0 Å². The van der Waals surface area contributed by atoms with Gasteiger partial charge in [-0.2, -0.15) is 0 Å². The first-order valence-corrected chi connectivity index (χ1v) is 7.41. The molecule has 2 N–H and O–H groups in total. The van der Waals surface area contributed by atoms with Crippen LogP contribution in [-0.2, 0) is 6.54 Å². The average Bonchev–Trinajstić information content (AvgIpc) is 2.58. The zero-order chi connectivity index (χ0) is 16.5. The van der Waals surface area contributed by atoms with E-state index in [1.54, 1.807) is 32.4 Å². The molecular weight excluding hydrogens is 295 g/mol. The molecule has 2 rings (SSSR count). The normalized spacial score (nSPS) is 11.2. The number of ether oxygens (including phenoxy) is 1. The number of pyridine rings is 1. The second kappa shape index (κ2) is 8.73. The molecule has 5 nitrogen and oxygen atoms in total. The van der Waals surface area contributed by atoms with E-state index in [0.29, 0.717) is 31.2 Å². The molecule has 1 heterocycles. The van der Waals surface area contributed by atoms with Gasteiger partial charge < -0.3 is 15.4 Å². The number of nitrogens with one attached hydrogen (secondary N) is 2. The van der Waals surface area contributed by atoms with E-state index < -0.39 is 0 Å². The van der Waals surface area contributed by atoms with E-state index in [9.17, 15) is 4.39 Å². The molecule has 0 radical (unpaired) electrons. The molecule has 0 saturated heterocycles. The largest absolute Gasteiger partial charge is 0.490 e. The lowest BCUT2D eigenvalue weighted by Crippen LogP contribution is -2.38. The van der Waals surface area contributed by atoms with Crippen molar-refractivity contribution in [3.05, 3.63) is 59.7 Å². The molecule has 6 heteroatoms. The first kappa shape index (κ1) is 16.7. The lowest BCUT2D eigenvalue weighted by molar-refractivity contribution is 0.320. The molecule has 2 aromatic rings. The lowest BCUT2D eigenvalue weighted by atomic mass is 10.1. The molecule has 0 spiro atoms. The van der Waals surface area contributed by atoms with Gasteiger partial charge in [0.15, 0.2) is 5.96 Å². The number of halogens is 1. The van der Waals surface area contributed by atoms with Crippen LogP contribution in [0.15, 0.2) is 47.7 Å². The van der Waals surface area contributed by atoms with Gasteiger partial charge in [-0.05, 0) is 36.2 Å². The molecule has 1 aromatic carbocycles. The van der Waals surface area contributed by atoms with E-state index in [1.165, 1.54) is 6.07 Å². The van der Waals surface area contributed by atoms with Crippen LogP contribution in [-0.4, -0.2) is 31.1 Å². The first-order chi connectivity index (χ1) is 11.2. The Hall–Kier alpha value is -2.63. The maximum atomic E-state index is 13.2. The Morgan fingerprint density at radius 2 is 2.17 bits per heavy atom. The molecule has 1 aromatic heterocycles. The van der Waals surface area contributed by atoms with E-state index in [-0.39, 0.29) is 5.82 Å². The predicted molar refractivity (Wildman–Crippen MR) is 89.1 cm³/mol. The predicted octanol–water partition coefficient (Wildman–Crippen LogP) is 2.27. The Bertz CT molecular complexity index is 646. The first-order valence-electron chi connectivity index (χ1n) is 7.41. The monoisotopic (exact) mass is 316 g/mol. The number of nitrogens with zero attached hydrogens (tertiary/aromatic N) is 2. The van der Waals surface area contributed by atoms with E-state index in [0.717, 1.165) is 11.3 Å². The molecule has 0 saturated carbocycles. The molecule has 0 unspecified atom stereocenters. The number of rotatable bonds is 6. The fourth-order valence-corrected chi connectivity index (χ4v) is 1.99. The third kappa shape index (κ3) is 5.58. The third-order valence-corrected chi connectivity index (χ3v) is 3.20.